The smallest absolute Gasteiger partial charge is 0.367 e. The number of likely N-dealkylation sites (tertiary alicyclic amines) is 1. The van der Waals surface area contributed by atoms with Crippen molar-refractivity contribution in [3.05, 3.63) is 35.4 Å². The van der Waals surface area contributed by atoms with Crippen LogP contribution in [0.15, 0.2) is 24.3 Å². The third-order valence-corrected chi connectivity index (χ3v) is 4.07. The topological polar surface area (TPSA) is 41.6 Å². The minimum Gasteiger partial charge on any atom is -0.367 e. The third kappa shape index (κ3) is 6.39. The van der Waals surface area contributed by atoms with E-state index in [0.29, 0.717) is 18.0 Å². The molecule has 0 unspecified atom stereocenters. The van der Waals surface area contributed by atoms with Crippen molar-refractivity contribution in [2.45, 2.75) is 39.1 Å². The first-order chi connectivity index (χ1) is 11.3. The summed E-state index contributed by atoms with van der Waals surface area (Å²) < 4.78 is 40.6. The normalized spacial score (nSPS) is 16.2. The predicted octanol–water partition coefficient (Wildman–Crippen LogP) is 3.71. The highest BCUT2D eigenvalue weighted by molar-refractivity contribution is 5.74. The van der Waals surface area contributed by atoms with Gasteiger partial charge in [-0.25, -0.2) is 4.79 Å². The van der Waals surface area contributed by atoms with Crippen molar-refractivity contribution in [2.24, 2.45) is 5.92 Å². The number of amides is 2. The molecule has 0 saturated carbocycles. The first-order valence-electron chi connectivity index (χ1n) is 8.08. The molecule has 1 heterocycles. The summed E-state index contributed by atoms with van der Waals surface area (Å²) in [5.41, 5.74) is 1.56. The second-order valence-electron chi connectivity index (χ2n) is 6.25. The molecule has 0 aromatic heterocycles. The number of benzene rings is 1. The quantitative estimate of drug-likeness (QED) is 0.885. The lowest BCUT2D eigenvalue weighted by atomic mass is 10.00. The standard InChI is InChI=1S/C17H23F3N2O2/c1-13-6-8-22(9-7-13)16(23)21-10-14-2-4-15(5-3-14)11-24-12-17(18,19)20/h2-5,13H,6-12H2,1H3,(H,21,23). The lowest BCUT2D eigenvalue weighted by Gasteiger charge is -2.30. The van der Waals surface area contributed by atoms with Crippen LogP contribution in [0.2, 0.25) is 0 Å². The molecular formula is C17H23F3N2O2. The summed E-state index contributed by atoms with van der Waals surface area (Å²) in [5, 5.41) is 2.87. The molecule has 1 N–H and O–H groups in total. The van der Waals surface area contributed by atoms with E-state index in [9.17, 15) is 18.0 Å². The summed E-state index contributed by atoms with van der Waals surface area (Å²) in [6, 6.07) is 6.91. The van der Waals surface area contributed by atoms with E-state index in [0.717, 1.165) is 31.5 Å². The number of halogens is 3. The lowest BCUT2D eigenvalue weighted by molar-refractivity contribution is -0.176. The molecule has 1 aliphatic rings. The molecule has 2 amide bonds. The van der Waals surface area contributed by atoms with Crippen LogP contribution in [0, 0.1) is 5.92 Å². The van der Waals surface area contributed by atoms with Crippen LogP contribution in [0.5, 0.6) is 0 Å². The number of nitrogens with one attached hydrogen (secondary N) is 1. The van der Waals surface area contributed by atoms with Gasteiger partial charge >= 0.3 is 12.2 Å². The number of carbonyl (C=O) groups excluding carboxylic acids is 1. The van der Waals surface area contributed by atoms with Gasteiger partial charge < -0.3 is 15.0 Å². The van der Waals surface area contributed by atoms with Gasteiger partial charge in [-0.15, -0.1) is 0 Å². The average molecular weight is 344 g/mol. The Bertz CT molecular complexity index is 524. The highest BCUT2D eigenvalue weighted by Gasteiger charge is 2.27. The maximum atomic E-state index is 12.1. The molecule has 1 aliphatic heterocycles. The van der Waals surface area contributed by atoms with Crippen LogP contribution in [0.25, 0.3) is 0 Å². The number of ether oxygens (including phenoxy) is 1. The molecule has 24 heavy (non-hydrogen) atoms. The first-order valence-corrected chi connectivity index (χ1v) is 8.08. The van der Waals surface area contributed by atoms with Gasteiger partial charge in [-0.3, -0.25) is 0 Å². The highest BCUT2D eigenvalue weighted by Crippen LogP contribution is 2.17. The van der Waals surface area contributed by atoms with Crippen LogP contribution >= 0.6 is 0 Å². The molecule has 1 saturated heterocycles. The maximum absolute atomic E-state index is 12.1. The van der Waals surface area contributed by atoms with Crippen molar-refractivity contribution < 1.29 is 22.7 Å². The van der Waals surface area contributed by atoms with Crippen LogP contribution in [-0.2, 0) is 17.9 Å². The molecule has 2 rings (SSSR count). The third-order valence-electron chi connectivity index (χ3n) is 4.07. The summed E-state index contributed by atoms with van der Waals surface area (Å²) >= 11 is 0. The Kier molecular flexibility index (Phi) is 6.48. The monoisotopic (exact) mass is 344 g/mol. The predicted molar refractivity (Wildman–Crippen MR) is 84.4 cm³/mol. The van der Waals surface area contributed by atoms with E-state index in [4.69, 9.17) is 0 Å². The Hall–Kier alpha value is -1.76. The molecule has 0 spiro atoms. The number of carbonyl (C=O) groups is 1. The SMILES string of the molecule is CC1CCN(C(=O)NCc2ccc(COCC(F)(F)F)cc2)CC1. The van der Waals surface area contributed by atoms with Crippen molar-refractivity contribution in [3.8, 4) is 0 Å². The Labute approximate surface area is 140 Å². The summed E-state index contributed by atoms with van der Waals surface area (Å²) in [6.07, 6.45) is -2.25. The number of hydrogen-bond acceptors (Lipinski definition) is 2. The van der Waals surface area contributed by atoms with Gasteiger partial charge in [0.25, 0.3) is 0 Å². The fraction of sp³-hybridized carbons (Fsp3) is 0.588. The van der Waals surface area contributed by atoms with E-state index in [-0.39, 0.29) is 12.6 Å². The van der Waals surface area contributed by atoms with Crippen molar-refractivity contribution in [1.82, 2.24) is 10.2 Å². The number of piperidine rings is 1. The first kappa shape index (κ1) is 18.6. The van der Waals surface area contributed by atoms with E-state index in [1.54, 1.807) is 24.3 Å². The van der Waals surface area contributed by atoms with E-state index >= 15 is 0 Å². The fourth-order valence-electron chi connectivity index (χ4n) is 2.54. The van der Waals surface area contributed by atoms with Gasteiger partial charge in [-0.2, -0.15) is 13.2 Å². The van der Waals surface area contributed by atoms with Gasteiger partial charge in [0.2, 0.25) is 0 Å². The fourth-order valence-corrected chi connectivity index (χ4v) is 2.54. The molecule has 1 fully saturated rings. The second-order valence-corrected chi connectivity index (χ2v) is 6.25. The zero-order chi connectivity index (χ0) is 17.6. The van der Waals surface area contributed by atoms with Gasteiger partial charge in [0.1, 0.15) is 6.61 Å². The maximum Gasteiger partial charge on any atom is 0.411 e. The Balaban J connectivity index is 1.72. The molecule has 134 valence electrons. The zero-order valence-corrected chi connectivity index (χ0v) is 13.7. The van der Waals surface area contributed by atoms with Crippen molar-refractivity contribution in [3.63, 3.8) is 0 Å². The van der Waals surface area contributed by atoms with Crippen molar-refractivity contribution in [1.29, 1.82) is 0 Å². The van der Waals surface area contributed by atoms with Gasteiger partial charge in [0.05, 0.1) is 6.61 Å². The van der Waals surface area contributed by atoms with Crippen LogP contribution in [0.1, 0.15) is 30.9 Å². The highest BCUT2D eigenvalue weighted by atomic mass is 19.4. The average Bonchev–Trinajstić information content (AvgIpc) is 2.53. The van der Waals surface area contributed by atoms with E-state index in [1.165, 1.54) is 0 Å². The van der Waals surface area contributed by atoms with Gasteiger partial charge in [-0.1, -0.05) is 31.2 Å². The number of rotatable bonds is 5. The van der Waals surface area contributed by atoms with Crippen LogP contribution in [0.3, 0.4) is 0 Å². The summed E-state index contributed by atoms with van der Waals surface area (Å²) in [4.78, 5) is 13.9. The van der Waals surface area contributed by atoms with Gasteiger partial charge in [-0.05, 0) is 29.9 Å². The van der Waals surface area contributed by atoms with Crippen LogP contribution < -0.4 is 5.32 Å². The van der Waals surface area contributed by atoms with Crippen molar-refractivity contribution in [2.75, 3.05) is 19.7 Å². The molecular weight excluding hydrogens is 321 g/mol. The number of urea groups is 1. The Morgan fingerprint density at radius 1 is 1.21 bits per heavy atom. The minimum absolute atomic E-state index is 0.0699. The zero-order valence-electron chi connectivity index (χ0n) is 13.7. The van der Waals surface area contributed by atoms with Crippen LogP contribution in [-0.4, -0.2) is 36.8 Å². The molecule has 0 atom stereocenters. The minimum atomic E-state index is -4.31. The Morgan fingerprint density at radius 3 is 2.38 bits per heavy atom. The molecule has 0 aliphatic carbocycles. The van der Waals surface area contributed by atoms with Crippen LogP contribution in [0.4, 0.5) is 18.0 Å². The lowest BCUT2D eigenvalue weighted by Crippen LogP contribution is -2.43. The van der Waals surface area contributed by atoms with E-state index < -0.39 is 12.8 Å². The molecule has 7 heteroatoms. The molecule has 0 radical (unpaired) electrons. The molecule has 4 nitrogen and oxygen atoms in total. The summed E-state index contributed by atoms with van der Waals surface area (Å²) in [7, 11) is 0. The summed E-state index contributed by atoms with van der Waals surface area (Å²) in [5.74, 6) is 0.668. The second kappa shape index (κ2) is 8.37. The van der Waals surface area contributed by atoms with Gasteiger partial charge in [0.15, 0.2) is 0 Å². The number of nitrogens with zero attached hydrogens (tertiary/aromatic N) is 1. The van der Waals surface area contributed by atoms with E-state index in [2.05, 4.69) is 17.0 Å². The summed E-state index contributed by atoms with van der Waals surface area (Å²) in [6.45, 7) is 2.81. The molecule has 1 aromatic rings. The molecule has 1 aromatic carbocycles. The number of hydrogen-bond donors (Lipinski definition) is 1. The van der Waals surface area contributed by atoms with Crippen molar-refractivity contribution >= 4 is 6.03 Å². The van der Waals surface area contributed by atoms with Gasteiger partial charge in [0, 0.05) is 19.6 Å². The Morgan fingerprint density at radius 2 is 1.79 bits per heavy atom. The molecule has 0 bridgehead atoms. The number of alkyl halides is 3. The largest absolute Gasteiger partial charge is 0.411 e. The van der Waals surface area contributed by atoms with E-state index in [1.807, 2.05) is 4.90 Å².